The van der Waals surface area contributed by atoms with Gasteiger partial charge in [-0.1, -0.05) is 15.9 Å². The number of nitrogens with zero attached hydrogens (tertiary/aromatic N) is 5. The Morgan fingerprint density at radius 2 is 1.90 bits per heavy atom. The minimum atomic E-state index is -4.63. The Morgan fingerprint density at radius 1 is 1.10 bits per heavy atom. The number of imidazole rings is 1. The first-order valence-electron chi connectivity index (χ1n) is 12.4. The Morgan fingerprint density at radius 3 is 2.64 bits per heavy atom. The Balaban J connectivity index is 1.46. The molecular weight excluding hydrogens is 573 g/mol. The molecule has 5 aromatic rings. The van der Waals surface area contributed by atoms with E-state index in [0.29, 0.717) is 48.3 Å². The molecule has 0 radical (unpaired) electrons. The first-order chi connectivity index (χ1) is 18.6. The number of aryl methyl sites for hydroxylation is 2. The largest absolute Gasteiger partial charge is 0.435 e. The lowest BCUT2D eigenvalue weighted by molar-refractivity contribution is -0.140. The lowest BCUT2D eigenvalue weighted by Gasteiger charge is -2.31. The molecule has 1 aliphatic rings. The van der Waals surface area contributed by atoms with Crippen molar-refractivity contribution >= 4 is 32.7 Å². The molecule has 6 rings (SSSR count). The van der Waals surface area contributed by atoms with Gasteiger partial charge >= 0.3 is 6.18 Å². The van der Waals surface area contributed by atoms with Crippen LogP contribution in [0, 0.1) is 6.92 Å². The number of H-pyrrole nitrogens is 1. The molecule has 1 N–H and O–H groups in total. The molecule has 0 saturated carbocycles. The fraction of sp³-hybridized carbons (Fsp3) is 0.250. The van der Waals surface area contributed by atoms with E-state index < -0.39 is 11.9 Å². The van der Waals surface area contributed by atoms with Gasteiger partial charge in [0.25, 0.3) is 5.91 Å². The fourth-order valence-corrected chi connectivity index (χ4v) is 5.90. The molecule has 11 heteroatoms. The average molecular weight is 597 g/mol. The van der Waals surface area contributed by atoms with Gasteiger partial charge in [-0.05, 0) is 65.9 Å². The maximum atomic E-state index is 14.0. The van der Waals surface area contributed by atoms with E-state index in [0.717, 1.165) is 26.8 Å². The Labute approximate surface area is 230 Å². The van der Waals surface area contributed by atoms with E-state index in [1.807, 2.05) is 48.1 Å². The number of alkyl halides is 3. The predicted octanol–water partition coefficient (Wildman–Crippen LogP) is 6.10. The smallest absolute Gasteiger partial charge is 0.361 e. The van der Waals surface area contributed by atoms with Crippen molar-refractivity contribution in [1.29, 1.82) is 0 Å². The number of aromatic nitrogens is 5. The van der Waals surface area contributed by atoms with Crippen molar-refractivity contribution in [2.75, 3.05) is 6.54 Å². The number of fused-ring (bicyclic) bond motifs is 2. The Kier molecular flexibility index (Phi) is 6.13. The van der Waals surface area contributed by atoms with Crippen molar-refractivity contribution < 1.29 is 18.0 Å². The lowest BCUT2D eigenvalue weighted by atomic mass is 9.88. The van der Waals surface area contributed by atoms with Gasteiger partial charge in [-0.2, -0.15) is 18.3 Å². The van der Waals surface area contributed by atoms with Crippen molar-refractivity contribution in [3.8, 4) is 11.1 Å². The monoisotopic (exact) mass is 596 g/mol. The number of hydrogen-bond acceptors (Lipinski definition) is 3. The summed E-state index contributed by atoms with van der Waals surface area (Å²) in [7, 11) is 1.47. The maximum Gasteiger partial charge on any atom is 0.435 e. The van der Waals surface area contributed by atoms with Crippen LogP contribution < -0.4 is 0 Å². The summed E-state index contributed by atoms with van der Waals surface area (Å²) in [6, 6.07) is 9.52. The number of nitrogens with one attached hydrogen (secondary N) is 1. The molecule has 0 fully saturated rings. The van der Waals surface area contributed by atoms with Crippen molar-refractivity contribution in [3.63, 3.8) is 0 Å². The Hall–Kier alpha value is -3.86. The molecule has 0 aliphatic carbocycles. The molecule has 1 amide bonds. The molecule has 4 heterocycles. The van der Waals surface area contributed by atoms with E-state index in [9.17, 15) is 18.0 Å². The molecule has 0 unspecified atom stereocenters. The van der Waals surface area contributed by atoms with Crippen LogP contribution in [-0.2, 0) is 32.7 Å². The van der Waals surface area contributed by atoms with Crippen LogP contribution in [0.25, 0.3) is 22.0 Å². The van der Waals surface area contributed by atoms with Gasteiger partial charge in [-0.15, -0.1) is 0 Å². The fourth-order valence-electron chi connectivity index (χ4n) is 5.40. The molecule has 39 heavy (non-hydrogen) atoms. The predicted molar refractivity (Wildman–Crippen MR) is 144 cm³/mol. The van der Waals surface area contributed by atoms with Crippen LogP contribution in [-0.4, -0.2) is 41.7 Å². The van der Waals surface area contributed by atoms with Gasteiger partial charge in [0, 0.05) is 78.0 Å². The summed E-state index contributed by atoms with van der Waals surface area (Å²) in [5, 5.41) is 4.74. The number of carbonyl (C=O) groups is 1. The number of halogens is 4. The highest BCUT2D eigenvalue weighted by Gasteiger charge is 2.39. The van der Waals surface area contributed by atoms with Gasteiger partial charge in [0.1, 0.15) is 5.82 Å². The van der Waals surface area contributed by atoms with Crippen LogP contribution >= 0.6 is 15.9 Å². The van der Waals surface area contributed by atoms with E-state index >= 15 is 0 Å². The normalized spacial score (nSPS) is 13.9. The Bertz CT molecular complexity index is 1730. The van der Waals surface area contributed by atoms with Crippen molar-refractivity contribution in [2.24, 2.45) is 7.05 Å². The molecule has 0 atom stereocenters. The summed E-state index contributed by atoms with van der Waals surface area (Å²) >= 11 is 3.55. The summed E-state index contributed by atoms with van der Waals surface area (Å²) in [5.74, 6) is 0.563. The van der Waals surface area contributed by atoms with Crippen LogP contribution in [0.5, 0.6) is 0 Å². The molecule has 7 nitrogen and oxygen atoms in total. The lowest BCUT2D eigenvalue weighted by Crippen LogP contribution is -2.37. The zero-order chi connectivity index (χ0) is 27.5. The summed E-state index contributed by atoms with van der Waals surface area (Å²) in [5.41, 5.74) is 3.10. The van der Waals surface area contributed by atoms with Crippen LogP contribution in [0.4, 0.5) is 13.2 Å². The topological polar surface area (TPSA) is 71.7 Å². The third kappa shape index (κ3) is 4.64. The van der Waals surface area contributed by atoms with Gasteiger partial charge in [-0.25, -0.2) is 4.98 Å². The molecule has 0 spiro atoms. The van der Waals surface area contributed by atoms with Gasteiger partial charge < -0.3 is 14.5 Å². The molecule has 0 saturated heterocycles. The summed E-state index contributed by atoms with van der Waals surface area (Å²) in [6.45, 7) is 3.00. The summed E-state index contributed by atoms with van der Waals surface area (Å²) < 4.78 is 45.9. The van der Waals surface area contributed by atoms with Crippen LogP contribution in [0.15, 0.2) is 59.6 Å². The summed E-state index contributed by atoms with van der Waals surface area (Å²) in [4.78, 5) is 23.1. The average Bonchev–Trinajstić information content (AvgIpc) is 3.60. The molecule has 200 valence electrons. The first kappa shape index (κ1) is 25.4. The van der Waals surface area contributed by atoms with E-state index in [1.54, 1.807) is 17.2 Å². The number of amides is 1. The van der Waals surface area contributed by atoms with Crippen LogP contribution in [0.3, 0.4) is 0 Å². The SMILES string of the molecule is Cc1nccn1Cc1cc2c(c(-c3cn(C)nc3C(F)(F)F)c1)CCN(Cc1cc(Br)cc3[nH]ccc13)C2=O. The zero-order valence-electron chi connectivity index (χ0n) is 21.2. The second-order valence-electron chi connectivity index (χ2n) is 9.82. The van der Waals surface area contributed by atoms with Crippen molar-refractivity contribution in [2.45, 2.75) is 32.6 Å². The minimum absolute atomic E-state index is 0.0206. The van der Waals surface area contributed by atoms with E-state index in [1.165, 1.54) is 17.9 Å². The molecular formula is C28H24BrF3N6O. The first-order valence-corrected chi connectivity index (χ1v) is 13.2. The number of rotatable bonds is 5. The maximum absolute atomic E-state index is 14.0. The second kappa shape index (κ2) is 9.41. The quantitative estimate of drug-likeness (QED) is 0.266. The zero-order valence-corrected chi connectivity index (χ0v) is 22.8. The minimum Gasteiger partial charge on any atom is -0.361 e. The van der Waals surface area contributed by atoms with Gasteiger partial charge in [0.2, 0.25) is 0 Å². The number of aromatic amines is 1. The van der Waals surface area contributed by atoms with Gasteiger partial charge in [0.15, 0.2) is 5.69 Å². The van der Waals surface area contributed by atoms with Crippen molar-refractivity contribution in [1.82, 2.24) is 29.2 Å². The summed E-state index contributed by atoms with van der Waals surface area (Å²) in [6.07, 6.45) is 2.51. The molecule has 3 aromatic heterocycles. The van der Waals surface area contributed by atoms with Gasteiger partial charge in [-0.3, -0.25) is 9.48 Å². The van der Waals surface area contributed by atoms with Gasteiger partial charge in [0.05, 0.1) is 0 Å². The highest BCUT2D eigenvalue weighted by atomic mass is 79.9. The van der Waals surface area contributed by atoms with Crippen molar-refractivity contribution in [3.05, 3.63) is 93.4 Å². The number of benzene rings is 2. The van der Waals surface area contributed by atoms with Crippen LogP contribution in [0.2, 0.25) is 0 Å². The standard InChI is InChI=1S/C28H24BrF3N6O/c1-16-33-6-8-37(16)13-17-9-22(24-15-36(2)35-26(24)28(30,31)32)21-4-7-38(27(39)23(21)10-17)14-18-11-19(29)12-25-20(18)3-5-34-25/h3,5-6,8-12,15,34H,4,7,13-14H2,1-2H3. The number of carbonyl (C=O) groups excluding carboxylic acids is 1. The second-order valence-corrected chi connectivity index (χ2v) is 10.7. The molecule has 0 bridgehead atoms. The third-order valence-corrected chi connectivity index (χ3v) is 7.66. The third-order valence-electron chi connectivity index (χ3n) is 7.20. The van der Waals surface area contributed by atoms with E-state index in [-0.39, 0.29) is 11.5 Å². The molecule has 1 aliphatic heterocycles. The highest BCUT2D eigenvalue weighted by molar-refractivity contribution is 9.10. The van der Waals surface area contributed by atoms with E-state index in [4.69, 9.17) is 0 Å². The molecule has 2 aromatic carbocycles. The highest BCUT2D eigenvalue weighted by Crippen LogP contribution is 2.40. The number of hydrogen-bond donors (Lipinski definition) is 1. The van der Waals surface area contributed by atoms with E-state index in [2.05, 4.69) is 31.0 Å². The van der Waals surface area contributed by atoms with Crippen LogP contribution in [0.1, 0.15) is 38.6 Å².